The standard InChI is InChI=1S/C27H39FN2O4/c1-2-33-27-23(7-6-18-31)24(20-8-10-21(28)11-9-20)19-25(34-27)26(32)30-16-12-22(13-17-30)29-14-4-3-5-15-29/h8-11,19,22-24,27,31H,2-7,12-18H2,1H3/t23-,24-,27-/m0/s1. The zero-order valence-electron chi connectivity index (χ0n) is 20.3. The first kappa shape index (κ1) is 25.1. The van der Waals surface area contributed by atoms with Crippen LogP contribution in [-0.4, -0.2) is 72.5 Å². The second-order valence-electron chi connectivity index (χ2n) is 9.70. The van der Waals surface area contributed by atoms with Crippen LogP contribution >= 0.6 is 0 Å². The van der Waals surface area contributed by atoms with Crippen molar-refractivity contribution in [2.24, 2.45) is 5.92 Å². The molecule has 2 fully saturated rings. The number of amides is 1. The SMILES string of the molecule is CCO[C@H]1OC(C(=O)N2CCC(N3CCCCC3)CC2)=C[C@@H](c2ccc(F)cc2)[C@@H]1CCCO. The van der Waals surface area contributed by atoms with Gasteiger partial charge in [0.15, 0.2) is 5.76 Å². The highest BCUT2D eigenvalue weighted by Crippen LogP contribution is 2.40. The summed E-state index contributed by atoms with van der Waals surface area (Å²) in [6.45, 7) is 6.26. The van der Waals surface area contributed by atoms with Gasteiger partial charge in [0.05, 0.1) is 0 Å². The molecule has 4 rings (SSSR count). The quantitative estimate of drug-likeness (QED) is 0.616. The lowest BCUT2D eigenvalue weighted by molar-refractivity contribution is -0.171. The zero-order valence-corrected chi connectivity index (χ0v) is 20.3. The molecule has 1 aromatic carbocycles. The van der Waals surface area contributed by atoms with Crippen molar-refractivity contribution >= 4 is 5.91 Å². The number of ether oxygens (including phenoxy) is 2. The van der Waals surface area contributed by atoms with Crippen LogP contribution in [0.25, 0.3) is 0 Å². The summed E-state index contributed by atoms with van der Waals surface area (Å²) in [6, 6.07) is 7.00. The Morgan fingerprint density at radius 3 is 2.47 bits per heavy atom. The summed E-state index contributed by atoms with van der Waals surface area (Å²) in [5.74, 6) is -0.277. The number of allylic oxidation sites excluding steroid dienone is 1. The van der Waals surface area contributed by atoms with Crippen LogP contribution in [0.15, 0.2) is 36.1 Å². The average Bonchev–Trinajstić information content (AvgIpc) is 2.88. The van der Waals surface area contributed by atoms with Crippen LogP contribution in [0, 0.1) is 11.7 Å². The molecule has 34 heavy (non-hydrogen) atoms. The van der Waals surface area contributed by atoms with Gasteiger partial charge in [0.25, 0.3) is 5.91 Å². The highest BCUT2D eigenvalue weighted by Gasteiger charge is 2.39. The minimum Gasteiger partial charge on any atom is -0.459 e. The summed E-state index contributed by atoms with van der Waals surface area (Å²) >= 11 is 0. The molecule has 3 atom stereocenters. The number of carbonyl (C=O) groups is 1. The number of nitrogens with zero attached hydrogens (tertiary/aromatic N) is 2. The molecule has 6 nitrogen and oxygen atoms in total. The summed E-state index contributed by atoms with van der Waals surface area (Å²) in [6.07, 6.45) is 8.48. The molecule has 188 valence electrons. The van der Waals surface area contributed by atoms with Crippen molar-refractivity contribution in [2.75, 3.05) is 39.4 Å². The number of likely N-dealkylation sites (tertiary alicyclic amines) is 2. The van der Waals surface area contributed by atoms with E-state index in [-0.39, 0.29) is 30.2 Å². The molecule has 3 aliphatic rings. The number of hydrogen-bond donors (Lipinski definition) is 1. The maximum atomic E-state index is 13.6. The van der Waals surface area contributed by atoms with E-state index >= 15 is 0 Å². The topological polar surface area (TPSA) is 62.2 Å². The van der Waals surface area contributed by atoms with Gasteiger partial charge in [0.2, 0.25) is 6.29 Å². The largest absolute Gasteiger partial charge is 0.459 e. The minimum atomic E-state index is -0.582. The Hall–Kier alpha value is -1.96. The van der Waals surface area contributed by atoms with Crippen LogP contribution < -0.4 is 0 Å². The third kappa shape index (κ3) is 5.99. The van der Waals surface area contributed by atoms with Gasteiger partial charge in [0, 0.05) is 44.2 Å². The summed E-state index contributed by atoms with van der Waals surface area (Å²) in [7, 11) is 0. The maximum Gasteiger partial charge on any atom is 0.288 e. The molecule has 3 aliphatic heterocycles. The molecule has 7 heteroatoms. The van der Waals surface area contributed by atoms with Crippen molar-refractivity contribution in [1.29, 1.82) is 0 Å². The second-order valence-corrected chi connectivity index (χ2v) is 9.70. The van der Waals surface area contributed by atoms with E-state index in [0.717, 1.165) is 31.5 Å². The second kappa shape index (κ2) is 12.1. The summed E-state index contributed by atoms with van der Waals surface area (Å²) in [5, 5.41) is 9.42. The molecule has 0 spiro atoms. The number of rotatable bonds is 8. The van der Waals surface area contributed by atoms with Gasteiger partial charge in [-0.2, -0.15) is 0 Å². The number of hydrogen-bond acceptors (Lipinski definition) is 5. The highest BCUT2D eigenvalue weighted by atomic mass is 19.1. The Labute approximate surface area is 202 Å². The van der Waals surface area contributed by atoms with E-state index in [9.17, 15) is 14.3 Å². The Balaban J connectivity index is 1.51. The normalized spacial score (nSPS) is 26.7. The van der Waals surface area contributed by atoms with Crippen molar-refractivity contribution in [3.05, 3.63) is 47.5 Å². The number of benzene rings is 1. The Morgan fingerprint density at radius 2 is 1.82 bits per heavy atom. The minimum absolute atomic E-state index is 0.0704. The summed E-state index contributed by atoms with van der Waals surface area (Å²) in [4.78, 5) is 18.0. The van der Waals surface area contributed by atoms with Crippen LogP contribution in [0.2, 0.25) is 0 Å². The molecule has 0 saturated carbocycles. The molecular formula is C27H39FN2O4. The smallest absolute Gasteiger partial charge is 0.288 e. The predicted molar refractivity (Wildman–Crippen MR) is 129 cm³/mol. The first-order valence-corrected chi connectivity index (χ1v) is 13.0. The van der Waals surface area contributed by atoms with Crippen LogP contribution in [-0.2, 0) is 14.3 Å². The molecular weight excluding hydrogens is 435 g/mol. The molecule has 0 radical (unpaired) electrons. The van der Waals surface area contributed by atoms with Gasteiger partial charge in [0.1, 0.15) is 5.82 Å². The van der Waals surface area contributed by atoms with E-state index in [1.54, 1.807) is 12.1 Å². The first-order chi connectivity index (χ1) is 16.6. The van der Waals surface area contributed by atoms with Gasteiger partial charge in [-0.1, -0.05) is 18.6 Å². The Bertz CT molecular complexity index is 816. The lowest BCUT2D eigenvalue weighted by Crippen LogP contribution is -2.49. The maximum absolute atomic E-state index is 13.6. The lowest BCUT2D eigenvalue weighted by atomic mass is 9.80. The molecule has 1 aromatic rings. The molecule has 1 N–H and O–H groups in total. The molecule has 0 unspecified atom stereocenters. The van der Waals surface area contributed by atoms with Gasteiger partial charge < -0.3 is 24.4 Å². The third-order valence-electron chi connectivity index (χ3n) is 7.54. The number of piperidine rings is 2. The fourth-order valence-electron chi connectivity index (χ4n) is 5.70. The number of halogens is 1. The van der Waals surface area contributed by atoms with Crippen LogP contribution in [0.4, 0.5) is 4.39 Å². The molecule has 0 bridgehead atoms. The van der Waals surface area contributed by atoms with Crippen molar-refractivity contribution in [3.8, 4) is 0 Å². The van der Waals surface area contributed by atoms with Crippen molar-refractivity contribution in [3.63, 3.8) is 0 Å². The van der Waals surface area contributed by atoms with E-state index in [0.29, 0.717) is 31.2 Å². The molecule has 2 saturated heterocycles. The Kier molecular flexibility index (Phi) is 8.98. The first-order valence-electron chi connectivity index (χ1n) is 13.0. The number of aliphatic hydroxyl groups excluding tert-OH is 1. The van der Waals surface area contributed by atoms with Gasteiger partial charge in [-0.05, 0) is 82.3 Å². The molecule has 0 aliphatic carbocycles. The average molecular weight is 475 g/mol. The predicted octanol–water partition coefficient (Wildman–Crippen LogP) is 4.05. The van der Waals surface area contributed by atoms with Gasteiger partial charge in [-0.15, -0.1) is 0 Å². The third-order valence-corrected chi connectivity index (χ3v) is 7.54. The fourth-order valence-corrected chi connectivity index (χ4v) is 5.70. The van der Waals surface area contributed by atoms with Crippen molar-refractivity contribution in [2.45, 2.75) is 70.1 Å². The summed E-state index contributed by atoms with van der Waals surface area (Å²) in [5.41, 5.74) is 0.923. The molecule has 1 amide bonds. The van der Waals surface area contributed by atoms with Crippen molar-refractivity contribution in [1.82, 2.24) is 9.80 Å². The van der Waals surface area contributed by atoms with Crippen LogP contribution in [0.3, 0.4) is 0 Å². The Morgan fingerprint density at radius 1 is 1.12 bits per heavy atom. The van der Waals surface area contributed by atoms with Gasteiger partial charge in [-0.3, -0.25) is 4.79 Å². The van der Waals surface area contributed by atoms with E-state index in [2.05, 4.69) is 4.90 Å². The molecule has 3 heterocycles. The van der Waals surface area contributed by atoms with E-state index in [1.807, 2.05) is 17.9 Å². The highest BCUT2D eigenvalue weighted by molar-refractivity contribution is 5.92. The number of aliphatic hydroxyl groups is 1. The van der Waals surface area contributed by atoms with Crippen LogP contribution in [0.1, 0.15) is 63.4 Å². The lowest BCUT2D eigenvalue weighted by Gasteiger charge is -2.41. The van der Waals surface area contributed by atoms with E-state index < -0.39 is 6.29 Å². The van der Waals surface area contributed by atoms with E-state index in [4.69, 9.17) is 9.47 Å². The van der Waals surface area contributed by atoms with Gasteiger partial charge in [-0.25, -0.2) is 4.39 Å². The van der Waals surface area contributed by atoms with Gasteiger partial charge >= 0.3 is 0 Å². The zero-order chi connectivity index (χ0) is 23.9. The fraction of sp³-hybridized carbons (Fsp3) is 0.667. The monoisotopic (exact) mass is 474 g/mol. The summed E-state index contributed by atoms with van der Waals surface area (Å²) < 4.78 is 25.7. The number of carbonyl (C=O) groups excluding carboxylic acids is 1. The van der Waals surface area contributed by atoms with E-state index in [1.165, 1.54) is 44.5 Å². The van der Waals surface area contributed by atoms with Crippen molar-refractivity contribution < 1.29 is 23.8 Å². The molecule has 0 aromatic heterocycles. The van der Waals surface area contributed by atoms with Crippen LogP contribution in [0.5, 0.6) is 0 Å².